The molecule has 0 amide bonds. The second kappa shape index (κ2) is 7.11. The Morgan fingerprint density at radius 3 is 2.47 bits per heavy atom. The minimum Gasteiger partial charge on any atom is -0.388 e. The average molecular weight is 278 g/mol. The van der Waals surface area contributed by atoms with Crippen molar-refractivity contribution in [3.8, 4) is 0 Å². The number of thioether (sulfide) groups is 1. The Kier molecular flexibility index (Phi) is 5.46. The van der Waals surface area contributed by atoms with E-state index in [-0.39, 0.29) is 11.0 Å². The van der Waals surface area contributed by atoms with E-state index in [1.165, 1.54) is 31.0 Å². The summed E-state index contributed by atoms with van der Waals surface area (Å²) in [5.41, 5.74) is 0.826. The smallest absolute Gasteiger partial charge is 0.194 e. The molecule has 0 aromatic heterocycles. The molecule has 0 unspecified atom stereocenters. The highest BCUT2D eigenvalue weighted by Gasteiger charge is 2.26. The SMILES string of the molecule is C[C@H](C(=O)SC1CCCCC1)[C@H](O)c1ccccc1. The lowest BCUT2D eigenvalue weighted by atomic mass is 9.99. The fourth-order valence-electron chi connectivity index (χ4n) is 2.52. The van der Waals surface area contributed by atoms with Gasteiger partial charge in [-0.1, -0.05) is 68.3 Å². The predicted octanol–water partition coefficient (Wildman–Crippen LogP) is 3.95. The molecular formula is C16H22O2S. The number of benzene rings is 1. The zero-order valence-electron chi connectivity index (χ0n) is 11.4. The van der Waals surface area contributed by atoms with Crippen LogP contribution in [0.2, 0.25) is 0 Å². The van der Waals surface area contributed by atoms with E-state index in [0.717, 1.165) is 18.4 Å². The van der Waals surface area contributed by atoms with E-state index in [9.17, 15) is 9.90 Å². The monoisotopic (exact) mass is 278 g/mol. The Morgan fingerprint density at radius 2 is 1.84 bits per heavy atom. The minimum atomic E-state index is -0.690. The number of carbonyl (C=O) groups is 1. The van der Waals surface area contributed by atoms with Crippen molar-refractivity contribution in [3.05, 3.63) is 35.9 Å². The molecule has 0 aliphatic heterocycles. The highest BCUT2D eigenvalue weighted by Crippen LogP contribution is 2.33. The van der Waals surface area contributed by atoms with Gasteiger partial charge in [0.05, 0.1) is 12.0 Å². The number of rotatable bonds is 4. The zero-order chi connectivity index (χ0) is 13.7. The van der Waals surface area contributed by atoms with Crippen LogP contribution in [0, 0.1) is 5.92 Å². The summed E-state index contributed by atoms with van der Waals surface area (Å²) in [6.07, 6.45) is 5.37. The number of hydrogen-bond acceptors (Lipinski definition) is 3. The van der Waals surface area contributed by atoms with E-state index in [2.05, 4.69) is 0 Å². The third kappa shape index (κ3) is 4.08. The van der Waals surface area contributed by atoms with Gasteiger partial charge in [0, 0.05) is 5.25 Å². The van der Waals surface area contributed by atoms with Crippen molar-refractivity contribution in [1.82, 2.24) is 0 Å². The zero-order valence-corrected chi connectivity index (χ0v) is 12.2. The summed E-state index contributed by atoms with van der Waals surface area (Å²) in [5, 5.41) is 10.8. The Balaban J connectivity index is 1.91. The Bertz CT molecular complexity index is 398. The maximum absolute atomic E-state index is 12.2. The summed E-state index contributed by atoms with van der Waals surface area (Å²) < 4.78 is 0. The molecule has 0 bridgehead atoms. The molecular weight excluding hydrogens is 256 g/mol. The summed E-state index contributed by atoms with van der Waals surface area (Å²) in [5.74, 6) is -0.339. The van der Waals surface area contributed by atoms with Crippen molar-refractivity contribution < 1.29 is 9.90 Å². The second-order valence-corrected chi connectivity index (χ2v) is 6.65. The van der Waals surface area contributed by atoms with Crippen LogP contribution in [0.25, 0.3) is 0 Å². The molecule has 1 aliphatic carbocycles. The molecule has 19 heavy (non-hydrogen) atoms. The fraction of sp³-hybridized carbons (Fsp3) is 0.562. The van der Waals surface area contributed by atoms with E-state index in [4.69, 9.17) is 0 Å². The molecule has 1 aromatic carbocycles. The number of hydrogen-bond donors (Lipinski definition) is 1. The molecule has 1 fully saturated rings. The van der Waals surface area contributed by atoms with Crippen LogP contribution in [0.3, 0.4) is 0 Å². The van der Waals surface area contributed by atoms with Crippen molar-refractivity contribution in [2.24, 2.45) is 5.92 Å². The number of carbonyl (C=O) groups excluding carboxylic acids is 1. The summed E-state index contributed by atoms with van der Waals surface area (Å²) in [6, 6.07) is 9.45. The molecule has 104 valence electrons. The molecule has 2 rings (SSSR count). The van der Waals surface area contributed by atoms with Gasteiger partial charge in [-0.05, 0) is 18.4 Å². The van der Waals surface area contributed by atoms with E-state index in [1.54, 1.807) is 0 Å². The fourth-order valence-corrected chi connectivity index (χ4v) is 3.76. The largest absolute Gasteiger partial charge is 0.388 e. The molecule has 0 radical (unpaired) electrons. The first kappa shape index (κ1) is 14.6. The molecule has 1 aliphatic rings. The first-order valence-corrected chi connectivity index (χ1v) is 8.00. The second-order valence-electron chi connectivity index (χ2n) is 5.34. The highest BCUT2D eigenvalue weighted by atomic mass is 32.2. The van der Waals surface area contributed by atoms with Crippen molar-refractivity contribution in [1.29, 1.82) is 0 Å². The van der Waals surface area contributed by atoms with Crippen molar-refractivity contribution in [3.63, 3.8) is 0 Å². The molecule has 0 saturated heterocycles. The van der Waals surface area contributed by atoms with E-state index in [1.807, 2.05) is 37.3 Å². The minimum absolute atomic E-state index is 0.128. The number of aliphatic hydroxyl groups excluding tert-OH is 1. The van der Waals surface area contributed by atoms with E-state index in [0.29, 0.717) is 5.25 Å². The van der Waals surface area contributed by atoms with E-state index >= 15 is 0 Å². The Morgan fingerprint density at radius 1 is 1.21 bits per heavy atom. The molecule has 1 N–H and O–H groups in total. The lowest BCUT2D eigenvalue weighted by molar-refractivity contribution is -0.117. The van der Waals surface area contributed by atoms with Crippen LogP contribution in [-0.4, -0.2) is 15.5 Å². The van der Waals surface area contributed by atoms with E-state index < -0.39 is 6.10 Å². The summed E-state index contributed by atoms with van der Waals surface area (Å²) in [4.78, 5) is 12.2. The third-order valence-electron chi connectivity index (χ3n) is 3.82. The Hall–Kier alpha value is -0.800. The summed E-state index contributed by atoms with van der Waals surface area (Å²) in [6.45, 7) is 1.83. The lowest BCUT2D eigenvalue weighted by Crippen LogP contribution is -2.20. The summed E-state index contributed by atoms with van der Waals surface area (Å²) >= 11 is 1.45. The maximum Gasteiger partial charge on any atom is 0.194 e. The van der Waals surface area contributed by atoms with Crippen LogP contribution in [0.5, 0.6) is 0 Å². The van der Waals surface area contributed by atoms with Gasteiger partial charge in [-0.3, -0.25) is 4.79 Å². The average Bonchev–Trinajstić information content (AvgIpc) is 2.47. The standard InChI is InChI=1S/C16H22O2S/c1-12(15(17)13-8-4-2-5-9-13)16(18)19-14-10-6-3-7-11-14/h2,4-5,8-9,12,14-15,17H,3,6-7,10-11H2,1H3/t12-,15-/m0/s1. The highest BCUT2D eigenvalue weighted by molar-refractivity contribution is 8.14. The van der Waals surface area contributed by atoms with Crippen molar-refractivity contribution in [2.45, 2.75) is 50.4 Å². The van der Waals surface area contributed by atoms with Crippen LogP contribution in [-0.2, 0) is 4.79 Å². The molecule has 0 spiro atoms. The molecule has 1 saturated carbocycles. The van der Waals surface area contributed by atoms with Crippen LogP contribution in [0.4, 0.5) is 0 Å². The van der Waals surface area contributed by atoms with Gasteiger partial charge < -0.3 is 5.11 Å². The van der Waals surface area contributed by atoms with Gasteiger partial charge in [-0.15, -0.1) is 0 Å². The maximum atomic E-state index is 12.2. The molecule has 0 heterocycles. The van der Waals surface area contributed by atoms with Crippen LogP contribution < -0.4 is 0 Å². The molecule has 3 heteroatoms. The Labute approximate surface area is 119 Å². The quantitative estimate of drug-likeness (QED) is 0.906. The molecule has 2 atom stereocenters. The first-order chi connectivity index (χ1) is 9.18. The third-order valence-corrected chi connectivity index (χ3v) is 5.23. The van der Waals surface area contributed by atoms with Gasteiger partial charge in [-0.25, -0.2) is 0 Å². The van der Waals surface area contributed by atoms with Crippen molar-refractivity contribution >= 4 is 16.9 Å². The topological polar surface area (TPSA) is 37.3 Å². The van der Waals surface area contributed by atoms with Crippen LogP contribution >= 0.6 is 11.8 Å². The van der Waals surface area contributed by atoms with Crippen LogP contribution in [0.1, 0.15) is 50.7 Å². The number of aliphatic hydroxyl groups is 1. The van der Waals surface area contributed by atoms with Gasteiger partial charge >= 0.3 is 0 Å². The van der Waals surface area contributed by atoms with Gasteiger partial charge in [0.15, 0.2) is 5.12 Å². The van der Waals surface area contributed by atoms with Gasteiger partial charge in [0.2, 0.25) is 0 Å². The van der Waals surface area contributed by atoms with Crippen molar-refractivity contribution in [2.75, 3.05) is 0 Å². The first-order valence-electron chi connectivity index (χ1n) is 7.12. The van der Waals surface area contributed by atoms with Gasteiger partial charge in [-0.2, -0.15) is 0 Å². The lowest BCUT2D eigenvalue weighted by Gasteiger charge is -2.23. The summed E-state index contributed by atoms with van der Waals surface area (Å²) in [7, 11) is 0. The van der Waals surface area contributed by atoms with Gasteiger partial charge in [0.1, 0.15) is 0 Å². The predicted molar refractivity (Wildman–Crippen MR) is 80.0 cm³/mol. The normalized spacial score (nSPS) is 19.9. The molecule has 1 aromatic rings. The van der Waals surface area contributed by atoms with Crippen LogP contribution in [0.15, 0.2) is 30.3 Å². The molecule has 2 nitrogen and oxygen atoms in total. The van der Waals surface area contributed by atoms with Gasteiger partial charge in [0.25, 0.3) is 0 Å².